The summed E-state index contributed by atoms with van der Waals surface area (Å²) in [4.78, 5) is 10.1. The maximum absolute atomic E-state index is 5.19. The van der Waals surface area contributed by atoms with E-state index in [-0.39, 0.29) is 5.41 Å². The summed E-state index contributed by atoms with van der Waals surface area (Å²) in [6.07, 6.45) is 9.26. The SMILES string of the molecule is CO/N=C(/C1=NCC2=C1C=CC(c1ccccc1)(c1ccccc1)C2)C1CCC1. The molecule has 0 bridgehead atoms. The van der Waals surface area contributed by atoms with Crippen LogP contribution in [-0.2, 0) is 10.3 Å². The van der Waals surface area contributed by atoms with Crippen LogP contribution >= 0.6 is 0 Å². The second-order valence-corrected chi connectivity index (χ2v) is 8.18. The highest BCUT2D eigenvalue weighted by atomic mass is 16.6. The first-order valence-electron chi connectivity index (χ1n) is 10.5. The van der Waals surface area contributed by atoms with E-state index >= 15 is 0 Å². The molecule has 3 heteroatoms. The van der Waals surface area contributed by atoms with E-state index in [1.165, 1.54) is 41.5 Å². The van der Waals surface area contributed by atoms with E-state index < -0.39 is 0 Å². The Morgan fingerprint density at radius 2 is 1.66 bits per heavy atom. The Labute approximate surface area is 172 Å². The average molecular weight is 383 g/mol. The van der Waals surface area contributed by atoms with Crippen LogP contribution in [0.25, 0.3) is 0 Å². The van der Waals surface area contributed by atoms with Gasteiger partial charge in [0.25, 0.3) is 0 Å². The molecule has 1 saturated carbocycles. The molecule has 1 fully saturated rings. The van der Waals surface area contributed by atoms with E-state index in [9.17, 15) is 0 Å². The van der Waals surface area contributed by atoms with E-state index in [0.29, 0.717) is 5.92 Å². The van der Waals surface area contributed by atoms with Crippen molar-refractivity contribution in [3.63, 3.8) is 0 Å². The predicted octanol–water partition coefficient (Wildman–Crippen LogP) is 5.49. The standard InChI is InChI=1S/C26H26N2O/c1-29-28-24(19-9-8-10-19)25-23-15-16-26(17-20(23)18-27-25,21-11-4-2-5-12-21)22-13-6-3-7-14-22/h2-7,11-16,19H,8-10,17-18H2,1H3/b28-24+. The molecular weight excluding hydrogens is 356 g/mol. The number of nitrogens with zero attached hydrogens (tertiary/aromatic N) is 2. The Kier molecular flexibility index (Phi) is 4.67. The third-order valence-corrected chi connectivity index (χ3v) is 6.59. The molecule has 0 aromatic heterocycles. The maximum Gasteiger partial charge on any atom is 0.109 e. The quantitative estimate of drug-likeness (QED) is 0.497. The lowest BCUT2D eigenvalue weighted by molar-refractivity contribution is 0.209. The second-order valence-electron chi connectivity index (χ2n) is 8.18. The van der Waals surface area contributed by atoms with Gasteiger partial charge in [-0.1, -0.05) is 84.4 Å². The second kappa shape index (κ2) is 7.47. The van der Waals surface area contributed by atoms with Crippen LogP contribution in [0.3, 0.4) is 0 Å². The Morgan fingerprint density at radius 1 is 1.00 bits per heavy atom. The fourth-order valence-electron chi connectivity index (χ4n) is 4.83. The van der Waals surface area contributed by atoms with E-state index in [4.69, 9.17) is 9.83 Å². The zero-order valence-electron chi connectivity index (χ0n) is 16.8. The Balaban J connectivity index is 1.54. The Hall–Kier alpha value is -2.94. The minimum absolute atomic E-state index is 0.151. The van der Waals surface area contributed by atoms with Crippen LogP contribution in [0, 0.1) is 5.92 Å². The molecule has 0 amide bonds. The molecule has 3 aliphatic rings. The molecule has 0 N–H and O–H groups in total. The van der Waals surface area contributed by atoms with Crippen molar-refractivity contribution in [2.45, 2.75) is 31.1 Å². The molecule has 146 valence electrons. The van der Waals surface area contributed by atoms with Crippen molar-refractivity contribution in [1.29, 1.82) is 0 Å². The fraction of sp³-hybridized carbons (Fsp3) is 0.308. The van der Waals surface area contributed by atoms with Gasteiger partial charge in [0.1, 0.15) is 12.8 Å². The molecule has 0 unspecified atom stereocenters. The van der Waals surface area contributed by atoms with Crippen LogP contribution in [0.4, 0.5) is 0 Å². The van der Waals surface area contributed by atoms with E-state index in [2.05, 4.69) is 78.0 Å². The number of allylic oxidation sites excluding steroid dienone is 3. The van der Waals surface area contributed by atoms with Gasteiger partial charge >= 0.3 is 0 Å². The smallest absolute Gasteiger partial charge is 0.109 e. The number of aliphatic imine (C=N–C) groups is 1. The third kappa shape index (κ3) is 3.05. The first-order chi connectivity index (χ1) is 14.3. The zero-order valence-corrected chi connectivity index (χ0v) is 16.8. The predicted molar refractivity (Wildman–Crippen MR) is 119 cm³/mol. The van der Waals surface area contributed by atoms with Crippen LogP contribution in [0.2, 0.25) is 0 Å². The molecule has 2 aromatic rings. The molecular formula is C26H26N2O. The van der Waals surface area contributed by atoms with Gasteiger partial charge in [-0.05, 0) is 36.0 Å². The molecule has 0 saturated heterocycles. The van der Waals surface area contributed by atoms with Crippen molar-refractivity contribution in [2.75, 3.05) is 13.7 Å². The van der Waals surface area contributed by atoms with Crippen molar-refractivity contribution in [2.24, 2.45) is 16.1 Å². The molecule has 1 aliphatic heterocycles. The summed E-state index contributed by atoms with van der Waals surface area (Å²) >= 11 is 0. The summed E-state index contributed by atoms with van der Waals surface area (Å²) in [7, 11) is 1.63. The number of hydrogen-bond donors (Lipinski definition) is 0. The summed E-state index contributed by atoms with van der Waals surface area (Å²) in [6, 6.07) is 21.7. The Morgan fingerprint density at radius 3 is 2.21 bits per heavy atom. The lowest BCUT2D eigenvalue weighted by Gasteiger charge is -2.36. The van der Waals surface area contributed by atoms with E-state index in [1.807, 2.05) is 0 Å². The molecule has 5 rings (SSSR count). The van der Waals surface area contributed by atoms with Gasteiger partial charge in [-0.2, -0.15) is 0 Å². The van der Waals surface area contributed by atoms with Crippen LogP contribution in [0.1, 0.15) is 36.8 Å². The van der Waals surface area contributed by atoms with Crippen LogP contribution in [0.5, 0.6) is 0 Å². The van der Waals surface area contributed by atoms with Gasteiger partial charge in [-0.25, -0.2) is 0 Å². The topological polar surface area (TPSA) is 34.0 Å². The molecule has 3 nitrogen and oxygen atoms in total. The number of rotatable bonds is 5. The monoisotopic (exact) mass is 382 g/mol. The molecule has 0 radical (unpaired) electrons. The van der Waals surface area contributed by atoms with Crippen molar-refractivity contribution >= 4 is 11.4 Å². The summed E-state index contributed by atoms with van der Waals surface area (Å²) in [6.45, 7) is 0.756. The largest absolute Gasteiger partial charge is 0.399 e. The fourth-order valence-corrected chi connectivity index (χ4v) is 4.83. The maximum atomic E-state index is 5.19. The summed E-state index contributed by atoms with van der Waals surface area (Å²) in [5.41, 5.74) is 7.26. The highest BCUT2D eigenvalue weighted by Crippen LogP contribution is 2.45. The lowest BCUT2D eigenvalue weighted by atomic mass is 9.67. The highest BCUT2D eigenvalue weighted by Gasteiger charge is 2.39. The molecule has 2 aliphatic carbocycles. The number of oxime groups is 1. The van der Waals surface area contributed by atoms with Crippen molar-refractivity contribution in [3.05, 3.63) is 95.1 Å². The van der Waals surface area contributed by atoms with Gasteiger partial charge in [0, 0.05) is 16.9 Å². The first-order valence-corrected chi connectivity index (χ1v) is 10.5. The van der Waals surface area contributed by atoms with Crippen LogP contribution in [-0.4, -0.2) is 25.1 Å². The average Bonchev–Trinajstić information content (AvgIpc) is 3.16. The summed E-state index contributed by atoms with van der Waals surface area (Å²) < 4.78 is 0. The van der Waals surface area contributed by atoms with Crippen molar-refractivity contribution in [1.82, 2.24) is 0 Å². The van der Waals surface area contributed by atoms with Gasteiger partial charge in [0.05, 0.1) is 12.3 Å². The minimum atomic E-state index is -0.151. The highest BCUT2D eigenvalue weighted by molar-refractivity contribution is 6.50. The minimum Gasteiger partial charge on any atom is -0.399 e. The molecule has 1 heterocycles. The van der Waals surface area contributed by atoms with Gasteiger partial charge in [0.2, 0.25) is 0 Å². The van der Waals surface area contributed by atoms with Gasteiger partial charge in [-0.15, -0.1) is 0 Å². The van der Waals surface area contributed by atoms with E-state index in [1.54, 1.807) is 7.11 Å². The van der Waals surface area contributed by atoms with Gasteiger partial charge in [-0.3, -0.25) is 4.99 Å². The van der Waals surface area contributed by atoms with Crippen molar-refractivity contribution < 1.29 is 4.84 Å². The first kappa shape index (κ1) is 18.1. The van der Waals surface area contributed by atoms with Crippen LogP contribution < -0.4 is 0 Å². The third-order valence-electron chi connectivity index (χ3n) is 6.59. The van der Waals surface area contributed by atoms with Gasteiger partial charge in [0.15, 0.2) is 0 Å². The summed E-state index contributed by atoms with van der Waals surface area (Å²) in [5, 5.41) is 4.39. The normalized spacial score (nSPS) is 20.9. The number of benzene rings is 2. The number of hydrogen-bond acceptors (Lipinski definition) is 3. The molecule has 29 heavy (non-hydrogen) atoms. The molecule has 0 atom stereocenters. The van der Waals surface area contributed by atoms with E-state index in [0.717, 1.165) is 24.4 Å². The molecule has 0 spiro atoms. The zero-order chi connectivity index (χ0) is 19.7. The van der Waals surface area contributed by atoms with Gasteiger partial charge < -0.3 is 4.84 Å². The lowest BCUT2D eigenvalue weighted by Crippen LogP contribution is -2.32. The Bertz CT molecular complexity index is 972. The summed E-state index contributed by atoms with van der Waals surface area (Å²) in [5.74, 6) is 0.490. The van der Waals surface area contributed by atoms with Crippen LogP contribution in [0.15, 0.2) is 94.1 Å². The van der Waals surface area contributed by atoms with Crippen molar-refractivity contribution in [3.8, 4) is 0 Å². The molecule has 2 aromatic carbocycles.